The van der Waals surface area contributed by atoms with Crippen LogP contribution in [0.4, 0.5) is 13.2 Å². The number of hydrogen-bond donors (Lipinski definition) is 1. The molecule has 3 rings (SSSR count). The van der Waals surface area contributed by atoms with E-state index in [0.717, 1.165) is 37.3 Å². The number of rotatable bonds is 3. The van der Waals surface area contributed by atoms with Gasteiger partial charge in [0, 0.05) is 26.2 Å². The van der Waals surface area contributed by atoms with Crippen molar-refractivity contribution in [3.8, 4) is 0 Å². The molecule has 2 nitrogen and oxygen atoms in total. The Balaban J connectivity index is 2.01. The average molecular weight is 348 g/mol. The Kier molecular flexibility index (Phi) is 5.16. The van der Waals surface area contributed by atoms with Gasteiger partial charge in [-0.1, -0.05) is 35.9 Å². The fourth-order valence-corrected chi connectivity index (χ4v) is 3.51. The van der Waals surface area contributed by atoms with Gasteiger partial charge >= 0.3 is 6.18 Å². The summed E-state index contributed by atoms with van der Waals surface area (Å²) in [4.78, 5) is 2.34. The highest BCUT2D eigenvalue weighted by Gasteiger charge is 2.31. The first-order valence-corrected chi connectivity index (χ1v) is 8.55. The minimum Gasteiger partial charge on any atom is -0.314 e. The number of nitrogens with one attached hydrogen (secondary N) is 1. The van der Waals surface area contributed by atoms with Gasteiger partial charge in [0.2, 0.25) is 0 Å². The second kappa shape index (κ2) is 7.18. The summed E-state index contributed by atoms with van der Waals surface area (Å²) < 4.78 is 38.7. The van der Waals surface area contributed by atoms with Crippen LogP contribution in [-0.4, -0.2) is 31.1 Å². The van der Waals surface area contributed by atoms with Gasteiger partial charge in [0.15, 0.2) is 0 Å². The van der Waals surface area contributed by atoms with Crippen molar-refractivity contribution in [2.75, 3.05) is 26.2 Å². The van der Waals surface area contributed by atoms with Crippen LogP contribution < -0.4 is 5.32 Å². The normalized spacial score (nSPS) is 17.5. The number of piperazine rings is 1. The molecule has 2 aromatic rings. The van der Waals surface area contributed by atoms with Crippen molar-refractivity contribution < 1.29 is 13.2 Å². The third-order valence-electron chi connectivity index (χ3n) is 4.79. The molecular weight excluding hydrogens is 325 g/mol. The highest BCUT2D eigenvalue weighted by atomic mass is 19.4. The average Bonchev–Trinajstić information content (AvgIpc) is 2.58. The van der Waals surface area contributed by atoms with Crippen molar-refractivity contribution in [3.63, 3.8) is 0 Å². The molecule has 0 radical (unpaired) electrons. The van der Waals surface area contributed by atoms with Crippen LogP contribution in [0.2, 0.25) is 0 Å². The van der Waals surface area contributed by atoms with Crippen LogP contribution in [0.1, 0.15) is 33.9 Å². The van der Waals surface area contributed by atoms with Gasteiger partial charge in [-0.05, 0) is 42.7 Å². The quantitative estimate of drug-likeness (QED) is 0.889. The van der Waals surface area contributed by atoms with E-state index >= 15 is 0 Å². The molecule has 5 heteroatoms. The molecule has 0 aliphatic carbocycles. The summed E-state index contributed by atoms with van der Waals surface area (Å²) in [6.07, 6.45) is -4.30. The van der Waals surface area contributed by atoms with Gasteiger partial charge in [-0.15, -0.1) is 0 Å². The van der Waals surface area contributed by atoms with Crippen LogP contribution in [0.15, 0.2) is 42.5 Å². The van der Waals surface area contributed by atoms with Crippen LogP contribution in [-0.2, 0) is 6.18 Å². The van der Waals surface area contributed by atoms with Gasteiger partial charge in [0.05, 0.1) is 11.6 Å². The Hall–Kier alpha value is -1.85. The molecule has 1 fully saturated rings. The molecule has 0 saturated carbocycles. The van der Waals surface area contributed by atoms with E-state index in [1.807, 2.05) is 0 Å². The van der Waals surface area contributed by atoms with Crippen molar-refractivity contribution >= 4 is 0 Å². The molecule has 134 valence electrons. The summed E-state index contributed by atoms with van der Waals surface area (Å²) in [5.74, 6) is 0. The Labute approximate surface area is 146 Å². The van der Waals surface area contributed by atoms with E-state index < -0.39 is 11.7 Å². The summed E-state index contributed by atoms with van der Waals surface area (Å²) >= 11 is 0. The van der Waals surface area contributed by atoms with Gasteiger partial charge in [-0.25, -0.2) is 0 Å². The van der Waals surface area contributed by atoms with Crippen LogP contribution in [0.25, 0.3) is 0 Å². The molecule has 1 unspecified atom stereocenters. The highest BCUT2D eigenvalue weighted by molar-refractivity contribution is 5.40. The molecular formula is C20H23F3N2. The number of nitrogens with zero attached hydrogens (tertiary/aromatic N) is 1. The predicted molar refractivity (Wildman–Crippen MR) is 93.6 cm³/mol. The third-order valence-corrected chi connectivity index (χ3v) is 4.79. The molecule has 1 N–H and O–H groups in total. The lowest BCUT2D eigenvalue weighted by Gasteiger charge is -2.36. The number of alkyl halides is 3. The highest BCUT2D eigenvalue weighted by Crippen LogP contribution is 2.34. The zero-order valence-electron chi connectivity index (χ0n) is 14.5. The maximum absolute atomic E-state index is 12.9. The molecule has 1 saturated heterocycles. The number of halogens is 3. The minimum atomic E-state index is -4.30. The minimum absolute atomic E-state index is 0.0232. The lowest BCUT2D eigenvalue weighted by molar-refractivity contribution is -0.137. The standard InChI is InChI=1S/C20H23F3N2/c1-14-3-8-18(15(2)13-14)19(25-11-9-24-10-12-25)16-4-6-17(7-5-16)20(21,22)23/h3-8,13,19,24H,9-12H2,1-2H3. The first kappa shape index (κ1) is 18.0. The van der Waals surface area contributed by atoms with Crippen molar-refractivity contribution in [2.24, 2.45) is 0 Å². The molecule has 0 amide bonds. The van der Waals surface area contributed by atoms with Gasteiger partial charge in [0.25, 0.3) is 0 Å². The molecule has 1 aliphatic rings. The SMILES string of the molecule is Cc1ccc(C(c2ccc(C(F)(F)F)cc2)N2CCNCC2)c(C)c1. The van der Waals surface area contributed by atoms with E-state index in [9.17, 15) is 13.2 Å². The molecule has 0 aromatic heterocycles. The van der Waals surface area contributed by atoms with E-state index in [0.29, 0.717) is 0 Å². The van der Waals surface area contributed by atoms with E-state index in [1.54, 1.807) is 12.1 Å². The van der Waals surface area contributed by atoms with Gasteiger partial charge in [-0.3, -0.25) is 4.90 Å². The third kappa shape index (κ3) is 4.05. The molecule has 25 heavy (non-hydrogen) atoms. The van der Waals surface area contributed by atoms with E-state index in [2.05, 4.69) is 42.3 Å². The molecule has 1 heterocycles. The van der Waals surface area contributed by atoms with Crippen LogP contribution in [0.5, 0.6) is 0 Å². The zero-order chi connectivity index (χ0) is 18.0. The van der Waals surface area contributed by atoms with Crippen LogP contribution in [0.3, 0.4) is 0 Å². The van der Waals surface area contributed by atoms with Crippen molar-refractivity contribution in [1.82, 2.24) is 10.2 Å². The van der Waals surface area contributed by atoms with Crippen molar-refractivity contribution in [1.29, 1.82) is 0 Å². The van der Waals surface area contributed by atoms with Crippen LogP contribution in [0, 0.1) is 13.8 Å². The summed E-state index contributed by atoms with van der Waals surface area (Å²) in [7, 11) is 0. The summed E-state index contributed by atoms with van der Waals surface area (Å²) in [5, 5.41) is 3.33. The monoisotopic (exact) mass is 348 g/mol. The number of benzene rings is 2. The Bertz CT molecular complexity index is 717. The van der Waals surface area contributed by atoms with E-state index in [-0.39, 0.29) is 6.04 Å². The van der Waals surface area contributed by atoms with Crippen molar-refractivity contribution in [2.45, 2.75) is 26.1 Å². The first-order valence-electron chi connectivity index (χ1n) is 8.55. The largest absolute Gasteiger partial charge is 0.416 e. The van der Waals surface area contributed by atoms with Gasteiger partial charge in [-0.2, -0.15) is 13.2 Å². The Morgan fingerprint density at radius 1 is 0.960 bits per heavy atom. The summed E-state index contributed by atoms with van der Waals surface area (Å²) in [5.41, 5.74) is 3.82. The van der Waals surface area contributed by atoms with Crippen molar-refractivity contribution in [3.05, 3.63) is 70.3 Å². The zero-order valence-corrected chi connectivity index (χ0v) is 14.5. The first-order chi connectivity index (χ1) is 11.9. The predicted octanol–water partition coefficient (Wildman–Crippen LogP) is 4.32. The fourth-order valence-electron chi connectivity index (χ4n) is 3.51. The second-order valence-corrected chi connectivity index (χ2v) is 6.67. The topological polar surface area (TPSA) is 15.3 Å². The molecule has 1 atom stereocenters. The van der Waals surface area contributed by atoms with E-state index in [1.165, 1.54) is 23.3 Å². The number of hydrogen-bond acceptors (Lipinski definition) is 2. The Morgan fingerprint density at radius 3 is 2.16 bits per heavy atom. The maximum atomic E-state index is 12.9. The van der Waals surface area contributed by atoms with Gasteiger partial charge in [0.1, 0.15) is 0 Å². The fraction of sp³-hybridized carbons (Fsp3) is 0.400. The smallest absolute Gasteiger partial charge is 0.314 e. The lowest BCUT2D eigenvalue weighted by Crippen LogP contribution is -2.45. The molecule has 0 bridgehead atoms. The summed E-state index contributed by atoms with van der Waals surface area (Å²) in [6.45, 7) is 7.65. The number of aryl methyl sites for hydroxylation is 2. The Morgan fingerprint density at radius 2 is 1.60 bits per heavy atom. The molecule has 1 aliphatic heterocycles. The second-order valence-electron chi connectivity index (χ2n) is 6.67. The maximum Gasteiger partial charge on any atom is 0.416 e. The summed E-state index contributed by atoms with van der Waals surface area (Å²) in [6, 6.07) is 11.9. The lowest BCUT2D eigenvalue weighted by atomic mass is 9.91. The molecule has 0 spiro atoms. The molecule has 2 aromatic carbocycles. The van der Waals surface area contributed by atoms with E-state index in [4.69, 9.17) is 0 Å². The van der Waals surface area contributed by atoms with Gasteiger partial charge < -0.3 is 5.32 Å². The van der Waals surface area contributed by atoms with Crippen LogP contribution >= 0.6 is 0 Å².